The summed E-state index contributed by atoms with van der Waals surface area (Å²) >= 11 is 1.23. The Kier molecular flexibility index (Phi) is 8.35. The molecule has 2 heterocycles. The van der Waals surface area contributed by atoms with Gasteiger partial charge in [-0.3, -0.25) is 9.69 Å². The van der Waals surface area contributed by atoms with E-state index in [9.17, 15) is 22.8 Å². The van der Waals surface area contributed by atoms with Crippen molar-refractivity contribution in [1.82, 2.24) is 14.8 Å². The molecule has 1 fully saturated rings. The number of ether oxygens (including phenoxy) is 1. The number of hydrogen-bond donors (Lipinski definition) is 1. The predicted molar refractivity (Wildman–Crippen MR) is 130 cm³/mol. The normalized spacial score (nSPS) is 14.7. The quantitative estimate of drug-likeness (QED) is 0.528. The Morgan fingerprint density at radius 2 is 1.89 bits per heavy atom. The van der Waals surface area contributed by atoms with Gasteiger partial charge < -0.3 is 10.5 Å². The fourth-order valence-electron chi connectivity index (χ4n) is 3.25. The van der Waals surface area contributed by atoms with E-state index in [1.54, 1.807) is 0 Å². The number of carbonyl (C=O) groups excluding carboxylic acids is 2. The number of urea groups is 1. The molecule has 0 radical (unpaired) electrons. The Hall–Kier alpha value is -3.87. The topological polar surface area (TPSA) is 116 Å². The van der Waals surface area contributed by atoms with Gasteiger partial charge >= 0.3 is 12.4 Å². The lowest BCUT2D eigenvalue weighted by molar-refractivity contribution is -0.274. The number of carbonyl (C=O) groups is 2. The van der Waals surface area contributed by atoms with Crippen molar-refractivity contribution < 1.29 is 27.5 Å². The lowest BCUT2D eigenvalue weighted by Crippen LogP contribution is -2.31. The molecule has 0 aliphatic carbocycles. The second kappa shape index (κ2) is 11.2. The number of hydrogen-bond acceptors (Lipinski definition) is 6. The number of aromatic nitrogens is 3. The van der Waals surface area contributed by atoms with Crippen LogP contribution in [0.5, 0.6) is 5.75 Å². The number of alkyl halides is 3. The molecule has 9 nitrogen and oxygen atoms in total. The Bertz CT molecular complexity index is 1240. The fraction of sp³-hybridized carbons (Fsp3) is 0.261. The van der Waals surface area contributed by atoms with Crippen molar-refractivity contribution in [2.75, 3.05) is 10.7 Å². The van der Waals surface area contributed by atoms with E-state index in [-0.39, 0.29) is 23.3 Å². The number of aliphatic imine (C=N–C) groups is 1. The van der Waals surface area contributed by atoms with E-state index < -0.39 is 12.4 Å². The van der Waals surface area contributed by atoms with Crippen molar-refractivity contribution in [2.24, 2.45) is 10.7 Å². The number of benzene rings is 2. The predicted octanol–water partition coefficient (Wildman–Crippen LogP) is 4.80. The number of nitrogens with two attached hydrogens (primary N) is 1. The summed E-state index contributed by atoms with van der Waals surface area (Å²) in [6, 6.07) is 10.5. The average molecular weight is 521 g/mol. The summed E-state index contributed by atoms with van der Waals surface area (Å²) in [5.41, 5.74) is 8.59. The molecular formula is C23H23F3N6O3S. The molecule has 1 saturated heterocycles. The lowest BCUT2D eigenvalue weighted by Gasteiger charge is -2.22. The van der Waals surface area contributed by atoms with Gasteiger partial charge in [0.05, 0.1) is 17.1 Å². The van der Waals surface area contributed by atoms with Crippen molar-refractivity contribution in [3.8, 4) is 11.4 Å². The van der Waals surface area contributed by atoms with Gasteiger partial charge in [0.2, 0.25) is 5.91 Å². The SMILES string of the molecule is Cc1ccc(C(C)C)c(N2C(=O)CSC2=NC(N)=O)c1.FC(F)(F)Oc1ccc(-n2cncn2)cc1. The Labute approximate surface area is 209 Å². The van der Waals surface area contributed by atoms with Gasteiger partial charge in [-0.25, -0.2) is 14.5 Å². The summed E-state index contributed by atoms with van der Waals surface area (Å²) in [7, 11) is 0. The van der Waals surface area contributed by atoms with E-state index in [2.05, 4.69) is 33.7 Å². The highest BCUT2D eigenvalue weighted by Crippen LogP contribution is 2.34. The maximum atomic E-state index is 12.1. The molecule has 190 valence electrons. The Balaban J connectivity index is 0.000000205. The molecule has 3 aromatic rings. The molecular weight excluding hydrogens is 497 g/mol. The Morgan fingerprint density at radius 3 is 2.44 bits per heavy atom. The number of rotatable bonds is 4. The number of halogens is 3. The van der Waals surface area contributed by atoms with Gasteiger partial charge in [-0.1, -0.05) is 37.7 Å². The molecule has 13 heteroatoms. The minimum absolute atomic E-state index is 0.0810. The number of amides is 3. The van der Waals surface area contributed by atoms with Gasteiger partial charge in [0, 0.05) is 0 Å². The molecule has 4 rings (SSSR count). The minimum atomic E-state index is -4.67. The average Bonchev–Trinajstić information content (AvgIpc) is 3.43. The van der Waals surface area contributed by atoms with Gasteiger partial charge in [-0.15, -0.1) is 13.2 Å². The molecule has 0 atom stereocenters. The van der Waals surface area contributed by atoms with Gasteiger partial charge in [0.25, 0.3) is 0 Å². The van der Waals surface area contributed by atoms with Crippen molar-refractivity contribution >= 4 is 34.6 Å². The van der Waals surface area contributed by atoms with Crippen LogP contribution in [-0.2, 0) is 4.79 Å². The molecule has 2 N–H and O–H groups in total. The zero-order valence-corrected chi connectivity index (χ0v) is 20.4. The van der Waals surface area contributed by atoms with E-state index in [0.717, 1.165) is 16.8 Å². The molecule has 1 aromatic heterocycles. The van der Waals surface area contributed by atoms with Crippen LogP contribution >= 0.6 is 11.8 Å². The third-order valence-electron chi connectivity index (χ3n) is 4.77. The summed E-state index contributed by atoms with van der Waals surface area (Å²) in [6.45, 7) is 6.09. The summed E-state index contributed by atoms with van der Waals surface area (Å²) in [4.78, 5) is 32.1. The van der Waals surface area contributed by atoms with Gasteiger partial charge in [-0.05, 0) is 54.3 Å². The van der Waals surface area contributed by atoms with Crippen molar-refractivity contribution in [2.45, 2.75) is 33.1 Å². The monoisotopic (exact) mass is 520 g/mol. The number of nitrogens with zero attached hydrogens (tertiary/aromatic N) is 5. The van der Waals surface area contributed by atoms with Gasteiger partial charge in [-0.2, -0.15) is 10.1 Å². The van der Waals surface area contributed by atoms with Crippen LogP contribution < -0.4 is 15.4 Å². The highest BCUT2D eigenvalue weighted by molar-refractivity contribution is 8.15. The van der Waals surface area contributed by atoms with Crippen LogP contribution in [0.1, 0.15) is 30.9 Å². The number of primary amides is 1. The van der Waals surface area contributed by atoms with Crippen LogP contribution in [0.3, 0.4) is 0 Å². The summed E-state index contributed by atoms with van der Waals surface area (Å²) in [5.74, 6) is 0.190. The maximum Gasteiger partial charge on any atom is 0.573 e. The third kappa shape index (κ3) is 7.07. The standard InChI is InChI=1S/C14H17N3O2S.C9H6F3N3O/c1-8(2)10-5-4-9(3)6-11(10)17-12(18)7-20-14(17)16-13(15)19;10-9(11,12)16-8-3-1-7(2-4-8)15-6-13-5-14-15/h4-6,8H,7H2,1-3H3,(H2,15,19);1-6H. The van der Waals surface area contributed by atoms with E-state index in [1.807, 2.05) is 25.1 Å². The minimum Gasteiger partial charge on any atom is -0.406 e. The van der Waals surface area contributed by atoms with Gasteiger partial charge in [0.1, 0.15) is 18.4 Å². The number of amidine groups is 1. The first-order chi connectivity index (χ1) is 16.9. The first-order valence-corrected chi connectivity index (χ1v) is 11.6. The van der Waals surface area contributed by atoms with E-state index in [1.165, 1.54) is 58.3 Å². The van der Waals surface area contributed by atoms with E-state index >= 15 is 0 Å². The number of thioether (sulfide) groups is 1. The first-order valence-electron chi connectivity index (χ1n) is 10.6. The van der Waals surface area contributed by atoms with Crippen LogP contribution in [0.2, 0.25) is 0 Å². The fourth-order valence-corrected chi connectivity index (χ4v) is 4.12. The molecule has 2 aromatic carbocycles. The third-order valence-corrected chi connectivity index (χ3v) is 5.70. The largest absolute Gasteiger partial charge is 0.573 e. The zero-order chi connectivity index (χ0) is 26.5. The molecule has 0 bridgehead atoms. The first kappa shape index (κ1) is 26.7. The van der Waals surface area contributed by atoms with E-state index in [0.29, 0.717) is 10.9 Å². The van der Waals surface area contributed by atoms with Crippen LogP contribution in [0, 0.1) is 6.92 Å². The van der Waals surface area contributed by atoms with Crippen molar-refractivity contribution in [3.63, 3.8) is 0 Å². The summed E-state index contributed by atoms with van der Waals surface area (Å²) < 4.78 is 40.8. The van der Waals surface area contributed by atoms with Crippen LogP contribution in [0.4, 0.5) is 23.7 Å². The summed E-state index contributed by atoms with van der Waals surface area (Å²) in [6.07, 6.45) is -1.89. The second-order valence-corrected chi connectivity index (χ2v) is 8.79. The maximum absolute atomic E-state index is 12.1. The summed E-state index contributed by atoms with van der Waals surface area (Å²) in [5, 5.41) is 4.19. The molecule has 1 aliphatic rings. The molecule has 1 aliphatic heterocycles. The van der Waals surface area contributed by atoms with Crippen LogP contribution in [-0.4, -0.2) is 44.0 Å². The highest BCUT2D eigenvalue weighted by Gasteiger charge is 2.32. The zero-order valence-electron chi connectivity index (χ0n) is 19.6. The van der Waals surface area contributed by atoms with Gasteiger partial charge in [0.15, 0.2) is 5.17 Å². The highest BCUT2D eigenvalue weighted by atomic mass is 32.2. The van der Waals surface area contributed by atoms with E-state index in [4.69, 9.17) is 5.73 Å². The van der Waals surface area contributed by atoms with Crippen molar-refractivity contribution in [3.05, 3.63) is 66.2 Å². The lowest BCUT2D eigenvalue weighted by atomic mass is 9.99. The van der Waals surface area contributed by atoms with Crippen molar-refractivity contribution in [1.29, 1.82) is 0 Å². The smallest absolute Gasteiger partial charge is 0.406 e. The molecule has 0 unspecified atom stereocenters. The Morgan fingerprint density at radius 1 is 1.19 bits per heavy atom. The molecule has 0 spiro atoms. The molecule has 36 heavy (non-hydrogen) atoms. The second-order valence-electron chi connectivity index (χ2n) is 7.85. The van der Waals surface area contributed by atoms with Crippen LogP contribution in [0.25, 0.3) is 5.69 Å². The number of anilines is 1. The van der Waals surface area contributed by atoms with Crippen LogP contribution in [0.15, 0.2) is 60.1 Å². The number of aryl methyl sites for hydroxylation is 1. The molecule has 3 amide bonds. The molecule has 0 saturated carbocycles.